The van der Waals surface area contributed by atoms with Crippen LogP contribution in [-0.2, 0) is 4.79 Å². The summed E-state index contributed by atoms with van der Waals surface area (Å²) in [5.41, 5.74) is 2.06. The second-order valence-electron chi connectivity index (χ2n) is 5.73. The summed E-state index contributed by atoms with van der Waals surface area (Å²) >= 11 is 0. The van der Waals surface area contributed by atoms with E-state index in [1.165, 1.54) is 18.2 Å². The molecule has 0 unspecified atom stereocenters. The van der Waals surface area contributed by atoms with E-state index in [9.17, 15) is 14.0 Å². The fraction of sp³-hybridized carbons (Fsp3) is 0.222. The van der Waals surface area contributed by atoms with Crippen LogP contribution in [0.1, 0.15) is 28.8 Å². The predicted octanol–water partition coefficient (Wildman–Crippen LogP) is 3.73. The van der Waals surface area contributed by atoms with Gasteiger partial charge in [0.1, 0.15) is 5.82 Å². The molecule has 0 saturated heterocycles. The van der Waals surface area contributed by atoms with Crippen LogP contribution >= 0.6 is 0 Å². The predicted molar refractivity (Wildman–Crippen MR) is 86.9 cm³/mol. The number of carbonyl (C=O) groups is 2. The monoisotopic (exact) mass is 312 g/mol. The van der Waals surface area contributed by atoms with Crippen molar-refractivity contribution in [3.05, 3.63) is 59.4 Å². The number of carbonyl (C=O) groups excluding carboxylic acids is 2. The smallest absolute Gasteiger partial charge is 0.258 e. The average molecular weight is 312 g/mol. The largest absolute Gasteiger partial charge is 0.326 e. The molecule has 118 valence electrons. The highest BCUT2D eigenvalue weighted by Gasteiger charge is 2.29. The van der Waals surface area contributed by atoms with Crippen molar-refractivity contribution in [1.82, 2.24) is 0 Å². The van der Waals surface area contributed by atoms with Crippen molar-refractivity contribution < 1.29 is 14.0 Å². The van der Waals surface area contributed by atoms with E-state index in [1.54, 1.807) is 24.3 Å². The molecule has 4 nitrogen and oxygen atoms in total. The zero-order valence-corrected chi connectivity index (χ0v) is 12.7. The lowest BCUT2D eigenvalue weighted by atomic mass is 10.1. The molecule has 0 atom stereocenters. The molecule has 2 aromatic rings. The molecule has 0 heterocycles. The van der Waals surface area contributed by atoms with Gasteiger partial charge in [0, 0.05) is 17.3 Å². The highest BCUT2D eigenvalue weighted by Crippen LogP contribution is 2.31. The van der Waals surface area contributed by atoms with E-state index in [2.05, 4.69) is 10.6 Å². The molecule has 1 aliphatic carbocycles. The Morgan fingerprint density at radius 3 is 2.52 bits per heavy atom. The molecular formula is C18H17FN2O2. The minimum absolute atomic E-state index is 0.00526. The van der Waals surface area contributed by atoms with Crippen molar-refractivity contribution >= 4 is 23.2 Å². The van der Waals surface area contributed by atoms with Crippen molar-refractivity contribution in [2.24, 2.45) is 5.92 Å². The molecule has 2 aromatic carbocycles. The van der Waals surface area contributed by atoms with Gasteiger partial charge in [0.25, 0.3) is 5.91 Å². The number of amides is 2. The maximum Gasteiger partial charge on any atom is 0.258 e. The summed E-state index contributed by atoms with van der Waals surface area (Å²) in [6, 6.07) is 11.0. The molecule has 2 N–H and O–H groups in total. The van der Waals surface area contributed by atoms with Gasteiger partial charge in [-0.25, -0.2) is 4.39 Å². The van der Waals surface area contributed by atoms with Gasteiger partial charge in [-0.05, 0) is 49.6 Å². The molecule has 23 heavy (non-hydrogen) atoms. The Labute approximate surface area is 133 Å². The van der Waals surface area contributed by atoms with Gasteiger partial charge in [-0.2, -0.15) is 0 Å². The van der Waals surface area contributed by atoms with Crippen LogP contribution in [0.3, 0.4) is 0 Å². The van der Waals surface area contributed by atoms with E-state index in [0.717, 1.165) is 18.4 Å². The minimum atomic E-state index is -0.570. The fourth-order valence-electron chi connectivity index (χ4n) is 2.26. The Morgan fingerprint density at radius 2 is 1.83 bits per heavy atom. The van der Waals surface area contributed by atoms with Crippen LogP contribution in [0.4, 0.5) is 15.8 Å². The number of hydrogen-bond acceptors (Lipinski definition) is 2. The van der Waals surface area contributed by atoms with Crippen molar-refractivity contribution in [1.29, 1.82) is 0 Å². The van der Waals surface area contributed by atoms with Crippen LogP contribution in [0.2, 0.25) is 0 Å². The Kier molecular flexibility index (Phi) is 4.10. The maximum atomic E-state index is 13.6. The fourth-order valence-corrected chi connectivity index (χ4v) is 2.26. The molecule has 0 radical (unpaired) electrons. The van der Waals surface area contributed by atoms with Crippen LogP contribution in [0.25, 0.3) is 0 Å². The van der Waals surface area contributed by atoms with Crippen LogP contribution in [-0.4, -0.2) is 11.8 Å². The summed E-state index contributed by atoms with van der Waals surface area (Å²) in [4.78, 5) is 24.0. The number of anilines is 2. The molecule has 2 amide bonds. The molecule has 5 heteroatoms. The zero-order valence-electron chi connectivity index (χ0n) is 12.7. The first-order chi connectivity index (χ1) is 11.0. The summed E-state index contributed by atoms with van der Waals surface area (Å²) in [5.74, 6) is -0.984. The van der Waals surface area contributed by atoms with Gasteiger partial charge in [0.2, 0.25) is 5.91 Å². The first-order valence-corrected chi connectivity index (χ1v) is 7.52. The molecule has 3 rings (SSSR count). The molecule has 0 aliphatic heterocycles. The van der Waals surface area contributed by atoms with Crippen molar-refractivity contribution in [2.75, 3.05) is 10.6 Å². The third-order valence-corrected chi connectivity index (χ3v) is 3.82. The molecule has 0 spiro atoms. The average Bonchev–Trinajstić information content (AvgIpc) is 3.35. The number of aryl methyl sites for hydroxylation is 1. The van der Waals surface area contributed by atoms with Gasteiger partial charge in [0.15, 0.2) is 0 Å². The van der Waals surface area contributed by atoms with Gasteiger partial charge in [0.05, 0.1) is 5.56 Å². The number of halogens is 1. The summed E-state index contributed by atoms with van der Waals surface area (Å²) in [6.45, 7) is 1.88. The van der Waals surface area contributed by atoms with Crippen LogP contribution in [0.5, 0.6) is 0 Å². The van der Waals surface area contributed by atoms with Gasteiger partial charge in [-0.3, -0.25) is 9.59 Å². The first-order valence-electron chi connectivity index (χ1n) is 7.52. The lowest BCUT2D eigenvalue weighted by molar-refractivity contribution is -0.117. The summed E-state index contributed by atoms with van der Waals surface area (Å²) < 4.78 is 13.6. The molecular weight excluding hydrogens is 295 g/mol. The van der Waals surface area contributed by atoms with Gasteiger partial charge < -0.3 is 10.6 Å². The summed E-state index contributed by atoms with van der Waals surface area (Å²) in [6.07, 6.45) is 1.85. The number of benzene rings is 2. The Hall–Kier alpha value is -2.69. The Morgan fingerprint density at radius 1 is 1.09 bits per heavy atom. The molecule has 1 fully saturated rings. The number of nitrogens with one attached hydrogen (secondary N) is 2. The maximum absolute atomic E-state index is 13.6. The van der Waals surface area contributed by atoms with E-state index in [0.29, 0.717) is 11.4 Å². The topological polar surface area (TPSA) is 58.2 Å². The van der Waals surface area contributed by atoms with Gasteiger partial charge in [-0.15, -0.1) is 0 Å². The Balaban J connectivity index is 1.76. The van der Waals surface area contributed by atoms with E-state index in [-0.39, 0.29) is 17.4 Å². The minimum Gasteiger partial charge on any atom is -0.326 e. The highest BCUT2D eigenvalue weighted by atomic mass is 19.1. The van der Waals surface area contributed by atoms with Crippen molar-refractivity contribution in [3.8, 4) is 0 Å². The summed E-state index contributed by atoms with van der Waals surface area (Å²) in [5, 5.41) is 5.53. The van der Waals surface area contributed by atoms with Crippen LogP contribution in [0.15, 0.2) is 42.5 Å². The standard InChI is InChI=1S/C18H17FN2O2/c1-11-6-9-13(10-16(11)21-17(22)12-7-8-12)20-18(23)14-4-2-3-5-15(14)19/h2-6,9-10,12H,7-8H2,1H3,(H,20,23)(H,21,22). The lowest BCUT2D eigenvalue weighted by Gasteiger charge is -2.11. The molecule has 1 aliphatic rings. The first kappa shape index (κ1) is 15.2. The Bertz CT molecular complexity index is 769. The summed E-state index contributed by atoms with van der Waals surface area (Å²) in [7, 11) is 0. The van der Waals surface area contributed by atoms with E-state index >= 15 is 0 Å². The van der Waals surface area contributed by atoms with Crippen molar-refractivity contribution in [2.45, 2.75) is 19.8 Å². The second kappa shape index (κ2) is 6.20. The molecule has 0 aromatic heterocycles. The van der Waals surface area contributed by atoms with Crippen LogP contribution < -0.4 is 10.6 Å². The van der Waals surface area contributed by atoms with Gasteiger partial charge in [-0.1, -0.05) is 18.2 Å². The number of hydrogen-bond donors (Lipinski definition) is 2. The number of rotatable bonds is 4. The lowest BCUT2D eigenvalue weighted by Crippen LogP contribution is -2.16. The van der Waals surface area contributed by atoms with E-state index < -0.39 is 11.7 Å². The quantitative estimate of drug-likeness (QED) is 0.903. The SMILES string of the molecule is Cc1ccc(NC(=O)c2ccccc2F)cc1NC(=O)C1CC1. The third kappa shape index (κ3) is 3.56. The normalized spacial score (nSPS) is 13.5. The van der Waals surface area contributed by atoms with E-state index in [4.69, 9.17) is 0 Å². The zero-order chi connectivity index (χ0) is 16.4. The van der Waals surface area contributed by atoms with E-state index in [1.807, 2.05) is 6.92 Å². The van der Waals surface area contributed by atoms with Gasteiger partial charge >= 0.3 is 0 Å². The van der Waals surface area contributed by atoms with Crippen LogP contribution in [0, 0.1) is 18.7 Å². The van der Waals surface area contributed by atoms with Crippen molar-refractivity contribution in [3.63, 3.8) is 0 Å². The third-order valence-electron chi connectivity index (χ3n) is 3.82. The highest BCUT2D eigenvalue weighted by molar-refractivity contribution is 6.05. The molecule has 0 bridgehead atoms. The molecule has 1 saturated carbocycles. The second-order valence-corrected chi connectivity index (χ2v) is 5.73.